The van der Waals surface area contributed by atoms with E-state index < -0.39 is 10.0 Å². The van der Waals surface area contributed by atoms with Gasteiger partial charge in [0.25, 0.3) is 15.9 Å². The zero-order valence-electron chi connectivity index (χ0n) is 22.2. The number of nitrogens with one attached hydrogen (secondary N) is 1. The Morgan fingerprint density at radius 3 is 2.38 bits per heavy atom. The number of anilines is 2. The van der Waals surface area contributed by atoms with Crippen molar-refractivity contribution in [2.75, 3.05) is 55.5 Å². The molecule has 212 valence electrons. The first kappa shape index (κ1) is 30.1. The Kier molecular flexibility index (Phi) is 9.58. The molecule has 2 heterocycles. The van der Waals surface area contributed by atoms with E-state index in [-0.39, 0.29) is 23.2 Å². The minimum atomic E-state index is -3.72. The van der Waals surface area contributed by atoms with Gasteiger partial charge in [-0.25, -0.2) is 13.4 Å². The van der Waals surface area contributed by atoms with Gasteiger partial charge in [0.15, 0.2) is 5.13 Å². The summed E-state index contributed by atoms with van der Waals surface area (Å²) in [5, 5.41) is 4.70. The number of carbonyl (C=O) groups excluding carboxylic acids is 1. The number of fused-ring (bicyclic) bond motifs is 1. The molecule has 5 rings (SSSR count). The van der Waals surface area contributed by atoms with Crippen molar-refractivity contribution in [1.29, 1.82) is 0 Å². The lowest BCUT2D eigenvalue weighted by Gasteiger charge is -2.34. The summed E-state index contributed by atoms with van der Waals surface area (Å²) >= 11 is 7.95. The van der Waals surface area contributed by atoms with E-state index in [9.17, 15) is 13.2 Å². The average Bonchev–Trinajstić information content (AvgIpc) is 3.41. The van der Waals surface area contributed by atoms with E-state index in [1.54, 1.807) is 47.7 Å². The summed E-state index contributed by atoms with van der Waals surface area (Å²) in [6.07, 6.45) is 0. The maximum absolute atomic E-state index is 13.0. The molecule has 12 heteroatoms. The molecule has 0 spiro atoms. The number of benzene rings is 3. The van der Waals surface area contributed by atoms with Crippen LogP contribution in [-0.2, 0) is 10.0 Å². The van der Waals surface area contributed by atoms with Crippen LogP contribution in [0.15, 0.2) is 71.6 Å². The number of halogens is 2. The van der Waals surface area contributed by atoms with Crippen LogP contribution < -0.4 is 14.5 Å². The molecular weight excluding hydrogens is 589 g/mol. The van der Waals surface area contributed by atoms with Gasteiger partial charge in [0, 0.05) is 56.9 Å². The number of sulfonamides is 1. The van der Waals surface area contributed by atoms with Crippen LogP contribution in [0.3, 0.4) is 0 Å². The highest BCUT2D eigenvalue weighted by Gasteiger charge is 2.22. The summed E-state index contributed by atoms with van der Waals surface area (Å²) in [4.78, 5) is 22.3. The van der Waals surface area contributed by atoms with Crippen molar-refractivity contribution in [2.24, 2.45) is 0 Å². The average molecular weight is 621 g/mol. The number of para-hydroxylation sites is 1. The van der Waals surface area contributed by atoms with Gasteiger partial charge in [0.2, 0.25) is 0 Å². The van der Waals surface area contributed by atoms with Gasteiger partial charge < -0.3 is 10.2 Å². The van der Waals surface area contributed by atoms with Crippen LogP contribution in [0.4, 0.5) is 10.8 Å². The molecule has 0 aliphatic carbocycles. The van der Waals surface area contributed by atoms with E-state index in [1.165, 1.54) is 23.5 Å². The lowest BCUT2D eigenvalue weighted by atomic mass is 10.2. The van der Waals surface area contributed by atoms with Crippen LogP contribution >= 0.6 is 35.3 Å². The van der Waals surface area contributed by atoms with E-state index in [0.29, 0.717) is 17.8 Å². The molecule has 1 saturated heterocycles. The highest BCUT2D eigenvalue weighted by Crippen LogP contribution is 2.33. The minimum Gasteiger partial charge on any atom is -0.351 e. The molecule has 1 aliphatic rings. The Hall–Kier alpha value is -2.89. The molecule has 0 bridgehead atoms. The molecule has 0 saturated carbocycles. The van der Waals surface area contributed by atoms with Gasteiger partial charge in [-0.05, 0) is 61.0 Å². The van der Waals surface area contributed by atoms with Crippen molar-refractivity contribution in [3.63, 3.8) is 0 Å². The number of nitrogens with zero attached hydrogens (tertiary/aromatic N) is 4. The maximum Gasteiger partial charge on any atom is 0.264 e. The van der Waals surface area contributed by atoms with Gasteiger partial charge in [-0.2, -0.15) is 0 Å². The molecule has 1 aromatic heterocycles. The van der Waals surface area contributed by atoms with Gasteiger partial charge in [0.05, 0.1) is 20.8 Å². The molecule has 40 heavy (non-hydrogen) atoms. The zero-order valence-corrected chi connectivity index (χ0v) is 25.4. The van der Waals surface area contributed by atoms with Crippen molar-refractivity contribution < 1.29 is 13.2 Å². The van der Waals surface area contributed by atoms with Crippen LogP contribution in [0.2, 0.25) is 5.02 Å². The number of amides is 1. The Bertz CT molecular complexity index is 1570. The first-order valence-corrected chi connectivity index (χ1v) is 15.3. The van der Waals surface area contributed by atoms with Crippen LogP contribution in [0.5, 0.6) is 0 Å². The quantitative estimate of drug-likeness (QED) is 0.297. The molecule has 1 fully saturated rings. The molecule has 1 amide bonds. The van der Waals surface area contributed by atoms with Crippen molar-refractivity contribution in [2.45, 2.75) is 11.8 Å². The van der Waals surface area contributed by atoms with E-state index in [2.05, 4.69) is 15.1 Å². The standard InChI is InChI=1S/C28H30ClN5O3S2.ClH/c1-20-24(29)12-13-25-26(20)31-28(38-25)34-18-16-33(17-19-34)15-14-30-27(35)21-8-10-23(11-9-21)39(36,37)32(2)22-6-4-3-5-7-22;/h3-13H,14-19H2,1-2H3,(H,30,35);1H. The molecule has 0 unspecified atom stereocenters. The third-order valence-corrected chi connectivity index (χ3v) is 10.3. The second-order valence-corrected chi connectivity index (χ2v) is 12.8. The Labute approximate surface area is 250 Å². The second kappa shape index (κ2) is 12.7. The summed E-state index contributed by atoms with van der Waals surface area (Å²) in [5.74, 6) is -0.225. The van der Waals surface area contributed by atoms with Crippen molar-refractivity contribution in [1.82, 2.24) is 15.2 Å². The molecular formula is C28H31Cl2N5O3S2. The van der Waals surface area contributed by atoms with Gasteiger partial charge in [-0.1, -0.05) is 41.1 Å². The number of hydrogen-bond acceptors (Lipinski definition) is 7. The summed E-state index contributed by atoms with van der Waals surface area (Å²) < 4.78 is 28.3. The number of thiazole rings is 1. The molecule has 3 aromatic carbocycles. The highest BCUT2D eigenvalue weighted by atomic mass is 35.5. The smallest absolute Gasteiger partial charge is 0.264 e. The van der Waals surface area contributed by atoms with Crippen LogP contribution in [0.25, 0.3) is 10.2 Å². The van der Waals surface area contributed by atoms with Crippen LogP contribution in [0, 0.1) is 6.92 Å². The summed E-state index contributed by atoms with van der Waals surface area (Å²) in [6, 6.07) is 18.9. The molecule has 0 atom stereocenters. The van der Waals surface area contributed by atoms with Crippen molar-refractivity contribution in [3.05, 3.63) is 82.9 Å². The van der Waals surface area contributed by atoms with Crippen molar-refractivity contribution in [3.8, 4) is 0 Å². The second-order valence-electron chi connectivity index (χ2n) is 9.43. The minimum absolute atomic E-state index is 0. The van der Waals surface area contributed by atoms with Gasteiger partial charge in [0.1, 0.15) is 0 Å². The molecule has 1 aliphatic heterocycles. The summed E-state index contributed by atoms with van der Waals surface area (Å²) in [7, 11) is -2.21. The van der Waals surface area contributed by atoms with Crippen LogP contribution in [0.1, 0.15) is 15.9 Å². The highest BCUT2D eigenvalue weighted by molar-refractivity contribution is 7.92. The first-order valence-electron chi connectivity index (χ1n) is 12.7. The molecule has 8 nitrogen and oxygen atoms in total. The van der Waals surface area contributed by atoms with Crippen molar-refractivity contribution >= 4 is 72.3 Å². The van der Waals surface area contributed by atoms with E-state index in [4.69, 9.17) is 16.6 Å². The van der Waals surface area contributed by atoms with Gasteiger partial charge in [-0.15, -0.1) is 12.4 Å². The van der Waals surface area contributed by atoms with Gasteiger partial charge in [-0.3, -0.25) is 14.0 Å². The fraction of sp³-hybridized carbons (Fsp3) is 0.286. The van der Waals surface area contributed by atoms with E-state index >= 15 is 0 Å². The Morgan fingerprint density at radius 2 is 1.70 bits per heavy atom. The lowest BCUT2D eigenvalue weighted by molar-refractivity contribution is 0.0947. The number of aryl methyl sites for hydroxylation is 1. The summed E-state index contributed by atoms with van der Waals surface area (Å²) in [5.41, 5.74) is 2.98. The molecule has 0 radical (unpaired) electrons. The van der Waals surface area contributed by atoms with E-state index in [0.717, 1.165) is 58.7 Å². The fourth-order valence-electron chi connectivity index (χ4n) is 4.53. The van der Waals surface area contributed by atoms with E-state index in [1.807, 2.05) is 25.1 Å². The van der Waals surface area contributed by atoms with Crippen LogP contribution in [-0.4, -0.2) is 70.5 Å². The Balaban J connectivity index is 0.00000370. The topological polar surface area (TPSA) is 85.8 Å². The monoisotopic (exact) mass is 619 g/mol. The first-order chi connectivity index (χ1) is 18.7. The number of aromatic nitrogens is 1. The predicted octanol–water partition coefficient (Wildman–Crippen LogP) is 5.06. The maximum atomic E-state index is 13.0. The normalized spacial score (nSPS) is 14.1. The van der Waals surface area contributed by atoms with Gasteiger partial charge >= 0.3 is 0 Å². The predicted molar refractivity (Wildman–Crippen MR) is 166 cm³/mol. The lowest BCUT2D eigenvalue weighted by Crippen LogP contribution is -2.48. The third-order valence-electron chi connectivity index (χ3n) is 6.99. The summed E-state index contributed by atoms with van der Waals surface area (Å²) in [6.45, 7) is 6.75. The number of rotatable bonds is 8. The number of carbonyl (C=O) groups is 1. The SMILES string of the molecule is Cc1c(Cl)ccc2sc(N3CCN(CCNC(=O)c4ccc(S(=O)(=O)N(C)c5ccccc5)cc4)CC3)nc12.Cl. The number of hydrogen-bond donors (Lipinski definition) is 1. The number of piperazine rings is 1. The third kappa shape index (κ3) is 6.37. The zero-order chi connectivity index (χ0) is 27.6. The largest absolute Gasteiger partial charge is 0.351 e. The Morgan fingerprint density at radius 1 is 1.02 bits per heavy atom. The molecule has 1 N–H and O–H groups in total. The molecule has 4 aromatic rings. The fourth-order valence-corrected chi connectivity index (χ4v) is 6.95.